The lowest BCUT2D eigenvalue weighted by Crippen LogP contribution is -2.32. The van der Waals surface area contributed by atoms with Crippen molar-refractivity contribution in [1.29, 1.82) is 0 Å². The third-order valence-electron chi connectivity index (χ3n) is 2.86. The number of halogens is 1. The second kappa shape index (κ2) is 3.55. The van der Waals surface area contributed by atoms with Crippen LogP contribution >= 0.6 is 11.8 Å². The smallest absolute Gasteiger partial charge is 0.129 e. The number of rotatable bonds is 1. The molecular formula is C11H13FOS. The van der Waals surface area contributed by atoms with Crippen LogP contribution in [0, 0.1) is 5.82 Å². The van der Waals surface area contributed by atoms with E-state index in [0.717, 1.165) is 5.75 Å². The van der Waals surface area contributed by atoms with E-state index in [9.17, 15) is 9.50 Å². The van der Waals surface area contributed by atoms with Crippen molar-refractivity contribution >= 4 is 11.8 Å². The first-order valence-electron chi connectivity index (χ1n) is 4.73. The molecule has 3 heteroatoms. The fourth-order valence-corrected chi connectivity index (χ4v) is 3.20. The van der Waals surface area contributed by atoms with Gasteiger partial charge >= 0.3 is 0 Å². The van der Waals surface area contributed by atoms with E-state index in [4.69, 9.17) is 0 Å². The van der Waals surface area contributed by atoms with Gasteiger partial charge in [-0.15, -0.1) is 0 Å². The van der Waals surface area contributed by atoms with Gasteiger partial charge in [-0.2, -0.15) is 11.8 Å². The summed E-state index contributed by atoms with van der Waals surface area (Å²) in [5.41, 5.74) is -0.534. The Hall–Kier alpha value is -0.540. The molecule has 2 unspecified atom stereocenters. The average molecular weight is 212 g/mol. The summed E-state index contributed by atoms with van der Waals surface area (Å²) in [6, 6.07) is 6.50. The third-order valence-corrected chi connectivity index (χ3v) is 4.19. The van der Waals surface area contributed by atoms with Crippen molar-refractivity contribution in [2.75, 3.05) is 5.75 Å². The summed E-state index contributed by atoms with van der Waals surface area (Å²) >= 11 is 1.69. The van der Waals surface area contributed by atoms with Crippen molar-refractivity contribution in [1.82, 2.24) is 0 Å². The molecule has 1 saturated heterocycles. The lowest BCUT2D eigenvalue weighted by Gasteiger charge is -2.27. The van der Waals surface area contributed by atoms with Gasteiger partial charge in [0, 0.05) is 10.8 Å². The molecule has 1 aromatic carbocycles. The van der Waals surface area contributed by atoms with Gasteiger partial charge in [-0.3, -0.25) is 0 Å². The lowest BCUT2D eigenvalue weighted by atomic mass is 9.88. The number of thioether (sulfide) groups is 1. The fraction of sp³-hybridized carbons (Fsp3) is 0.455. The van der Waals surface area contributed by atoms with Crippen molar-refractivity contribution < 1.29 is 9.50 Å². The molecule has 0 saturated carbocycles. The van der Waals surface area contributed by atoms with Crippen molar-refractivity contribution in [3.63, 3.8) is 0 Å². The number of benzene rings is 1. The highest BCUT2D eigenvalue weighted by atomic mass is 32.2. The zero-order valence-electron chi connectivity index (χ0n) is 8.03. The number of aliphatic hydroxyl groups is 1. The Morgan fingerprint density at radius 1 is 1.50 bits per heavy atom. The van der Waals surface area contributed by atoms with Crippen LogP contribution in [0.15, 0.2) is 24.3 Å². The lowest BCUT2D eigenvalue weighted by molar-refractivity contribution is 0.0390. The molecule has 1 fully saturated rings. The molecule has 1 aliphatic rings. The summed E-state index contributed by atoms with van der Waals surface area (Å²) in [6.07, 6.45) is 0.639. The van der Waals surface area contributed by atoms with Gasteiger partial charge in [-0.25, -0.2) is 4.39 Å². The van der Waals surface area contributed by atoms with Gasteiger partial charge < -0.3 is 5.11 Å². The predicted octanol–water partition coefficient (Wildman–Crippen LogP) is 2.54. The zero-order valence-corrected chi connectivity index (χ0v) is 8.85. The molecule has 0 amide bonds. The van der Waals surface area contributed by atoms with E-state index in [0.29, 0.717) is 12.0 Å². The van der Waals surface area contributed by atoms with Crippen molar-refractivity contribution in [2.24, 2.45) is 0 Å². The maximum atomic E-state index is 13.5. The van der Waals surface area contributed by atoms with Crippen LogP contribution in [-0.4, -0.2) is 16.1 Å². The predicted molar refractivity (Wildman–Crippen MR) is 56.8 cm³/mol. The van der Waals surface area contributed by atoms with Gasteiger partial charge in [0.25, 0.3) is 0 Å². The summed E-state index contributed by atoms with van der Waals surface area (Å²) in [5.74, 6) is 0.593. The molecule has 0 aliphatic carbocycles. The molecule has 1 aliphatic heterocycles. The molecule has 1 nitrogen and oxygen atoms in total. The molecule has 0 spiro atoms. The molecule has 1 heterocycles. The van der Waals surface area contributed by atoms with Crippen LogP contribution in [0.4, 0.5) is 4.39 Å². The van der Waals surface area contributed by atoms with Gasteiger partial charge in [0.2, 0.25) is 0 Å². The molecule has 1 N–H and O–H groups in total. The van der Waals surface area contributed by atoms with E-state index in [1.165, 1.54) is 6.07 Å². The summed E-state index contributed by atoms with van der Waals surface area (Å²) in [7, 11) is 0. The van der Waals surface area contributed by atoms with Crippen molar-refractivity contribution in [3.8, 4) is 0 Å². The van der Waals surface area contributed by atoms with Crippen LogP contribution in [0.3, 0.4) is 0 Å². The van der Waals surface area contributed by atoms with E-state index in [1.807, 2.05) is 6.92 Å². The Kier molecular flexibility index (Phi) is 2.54. The van der Waals surface area contributed by atoms with Gasteiger partial charge in [-0.05, 0) is 18.2 Å². The van der Waals surface area contributed by atoms with E-state index in [-0.39, 0.29) is 11.1 Å². The molecule has 76 valence electrons. The van der Waals surface area contributed by atoms with Gasteiger partial charge in [0.15, 0.2) is 0 Å². The first-order valence-corrected chi connectivity index (χ1v) is 5.78. The third kappa shape index (κ3) is 1.44. The van der Waals surface area contributed by atoms with Crippen LogP contribution in [0.2, 0.25) is 0 Å². The monoisotopic (exact) mass is 212 g/mol. The minimum Gasteiger partial charge on any atom is -0.384 e. The Morgan fingerprint density at radius 2 is 2.21 bits per heavy atom. The average Bonchev–Trinajstić information content (AvgIpc) is 2.49. The Labute approximate surface area is 87.3 Å². The Bertz CT molecular complexity index is 342. The van der Waals surface area contributed by atoms with Crippen molar-refractivity contribution in [2.45, 2.75) is 24.2 Å². The molecule has 0 radical (unpaired) electrons. The van der Waals surface area contributed by atoms with Crippen LogP contribution < -0.4 is 0 Å². The number of hydrogen-bond donors (Lipinski definition) is 1. The molecule has 0 aromatic heterocycles. The summed E-state index contributed by atoms with van der Waals surface area (Å²) in [6.45, 7) is 1.95. The van der Waals surface area contributed by atoms with Gasteiger partial charge in [0.1, 0.15) is 11.4 Å². The number of hydrogen-bond acceptors (Lipinski definition) is 2. The van der Waals surface area contributed by atoms with Gasteiger partial charge in [0.05, 0.1) is 0 Å². The Morgan fingerprint density at radius 3 is 2.79 bits per heavy atom. The molecule has 0 bridgehead atoms. The van der Waals surface area contributed by atoms with Crippen LogP contribution in [-0.2, 0) is 5.60 Å². The molecule has 1 aromatic rings. The van der Waals surface area contributed by atoms with Gasteiger partial charge in [-0.1, -0.05) is 25.1 Å². The quantitative estimate of drug-likeness (QED) is 0.772. The first kappa shape index (κ1) is 9.99. The topological polar surface area (TPSA) is 20.2 Å². The zero-order chi connectivity index (χ0) is 10.2. The standard InChI is InChI=1S/C11H13FOS/c1-8-11(13,6-7-14-8)9-4-2-3-5-10(9)12/h2-5,8,13H,6-7H2,1H3. The van der Waals surface area contributed by atoms with Crippen LogP contribution in [0.5, 0.6) is 0 Å². The summed E-state index contributed by atoms with van der Waals surface area (Å²) in [4.78, 5) is 0. The van der Waals surface area contributed by atoms with E-state index in [2.05, 4.69) is 0 Å². The minimum absolute atomic E-state index is 0.0689. The van der Waals surface area contributed by atoms with E-state index >= 15 is 0 Å². The Balaban J connectivity index is 2.43. The summed E-state index contributed by atoms with van der Waals surface area (Å²) in [5, 5.41) is 10.4. The maximum Gasteiger partial charge on any atom is 0.129 e. The molecule has 14 heavy (non-hydrogen) atoms. The normalized spacial score (nSPS) is 32.1. The minimum atomic E-state index is -0.976. The molecular weight excluding hydrogens is 199 g/mol. The highest BCUT2D eigenvalue weighted by molar-refractivity contribution is 8.00. The largest absolute Gasteiger partial charge is 0.384 e. The fourth-order valence-electron chi connectivity index (χ4n) is 1.90. The van der Waals surface area contributed by atoms with Crippen LogP contribution in [0.1, 0.15) is 18.9 Å². The maximum absolute atomic E-state index is 13.5. The first-order chi connectivity index (χ1) is 6.64. The van der Waals surface area contributed by atoms with E-state index < -0.39 is 5.60 Å². The highest BCUT2D eigenvalue weighted by Gasteiger charge is 2.41. The van der Waals surface area contributed by atoms with Crippen molar-refractivity contribution in [3.05, 3.63) is 35.6 Å². The SMILES string of the molecule is CC1SCCC1(O)c1ccccc1F. The molecule has 2 rings (SSSR count). The van der Waals surface area contributed by atoms with Crippen LogP contribution in [0.25, 0.3) is 0 Å². The summed E-state index contributed by atoms with van der Waals surface area (Å²) < 4.78 is 13.5. The molecule has 2 atom stereocenters. The van der Waals surface area contributed by atoms with E-state index in [1.54, 1.807) is 30.0 Å². The highest BCUT2D eigenvalue weighted by Crippen LogP contribution is 2.43. The second-order valence-electron chi connectivity index (χ2n) is 3.67. The second-order valence-corrected chi connectivity index (χ2v) is 5.12.